The van der Waals surface area contributed by atoms with Crippen LogP contribution < -0.4 is 0 Å². The molecule has 1 N–H and O–H groups in total. The number of carbonyl (C=O) groups is 2. The Hall–Kier alpha value is -1.30. The fourth-order valence-corrected chi connectivity index (χ4v) is 2.08. The van der Waals surface area contributed by atoms with Gasteiger partial charge in [-0.1, -0.05) is 6.92 Å². The fraction of sp³-hybridized carbons (Fsp3) is 0.846. The van der Waals surface area contributed by atoms with E-state index in [1.165, 1.54) is 4.90 Å². The maximum atomic E-state index is 12.2. The lowest BCUT2D eigenvalue weighted by Crippen LogP contribution is -2.52. The van der Waals surface area contributed by atoms with Gasteiger partial charge in [0.15, 0.2) is 0 Å². The zero-order valence-corrected chi connectivity index (χ0v) is 12.0. The van der Waals surface area contributed by atoms with Crippen molar-refractivity contribution in [1.29, 1.82) is 0 Å². The van der Waals surface area contributed by atoms with Crippen molar-refractivity contribution >= 4 is 12.1 Å². The van der Waals surface area contributed by atoms with E-state index in [2.05, 4.69) is 0 Å². The number of aliphatic carboxylic acids is 1. The molecule has 0 radical (unpaired) electrons. The minimum Gasteiger partial charge on any atom is -0.480 e. The summed E-state index contributed by atoms with van der Waals surface area (Å²) in [5.74, 6) is -1.01. The summed E-state index contributed by atoms with van der Waals surface area (Å²) in [6.07, 6.45) is 0.394. The highest BCUT2D eigenvalue weighted by Crippen LogP contribution is 2.21. The van der Waals surface area contributed by atoms with Crippen molar-refractivity contribution in [2.24, 2.45) is 0 Å². The molecule has 0 saturated carbocycles. The summed E-state index contributed by atoms with van der Waals surface area (Å²) >= 11 is 0. The molecule has 0 aromatic heterocycles. The molecule has 1 amide bonds. The predicted octanol–water partition coefficient (Wildman–Crippen LogP) is 1.88. The van der Waals surface area contributed by atoms with Crippen LogP contribution in [0.2, 0.25) is 0 Å². The molecule has 1 rings (SSSR count). The standard InChI is InChI=1S/C13H23NO5/c1-5-10(11(15)16)14(9-6-7-18-8-9)12(17)19-13(2,3)4/h9-10H,5-8H2,1-4H3,(H,15,16). The highest BCUT2D eigenvalue weighted by atomic mass is 16.6. The summed E-state index contributed by atoms with van der Waals surface area (Å²) in [6.45, 7) is 7.93. The smallest absolute Gasteiger partial charge is 0.411 e. The Morgan fingerprint density at radius 2 is 2.11 bits per heavy atom. The largest absolute Gasteiger partial charge is 0.480 e. The van der Waals surface area contributed by atoms with Crippen LogP contribution in [0.1, 0.15) is 40.5 Å². The van der Waals surface area contributed by atoms with Crippen LogP contribution in [-0.4, -0.2) is 53.0 Å². The van der Waals surface area contributed by atoms with Crippen molar-refractivity contribution in [3.05, 3.63) is 0 Å². The van der Waals surface area contributed by atoms with Crippen LogP contribution in [0.3, 0.4) is 0 Å². The Morgan fingerprint density at radius 1 is 1.47 bits per heavy atom. The third kappa shape index (κ3) is 4.38. The van der Waals surface area contributed by atoms with Crippen molar-refractivity contribution in [3.63, 3.8) is 0 Å². The van der Waals surface area contributed by atoms with Gasteiger partial charge in [0.1, 0.15) is 11.6 Å². The Bertz CT molecular complexity index is 330. The molecule has 1 aliphatic rings. The van der Waals surface area contributed by atoms with Crippen LogP contribution in [0.15, 0.2) is 0 Å². The van der Waals surface area contributed by atoms with E-state index in [1.807, 2.05) is 0 Å². The zero-order valence-electron chi connectivity index (χ0n) is 12.0. The first-order chi connectivity index (χ1) is 8.76. The van der Waals surface area contributed by atoms with E-state index < -0.39 is 23.7 Å². The molecule has 0 aromatic rings. The van der Waals surface area contributed by atoms with E-state index >= 15 is 0 Å². The van der Waals surface area contributed by atoms with Crippen LogP contribution in [0.25, 0.3) is 0 Å². The Balaban J connectivity index is 2.90. The summed E-state index contributed by atoms with van der Waals surface area (Å²) in [5.41, 5.74) is -0.647. The van der Waals surface area contributed by atoms with Gasteiger partial charge in [-0.2, -0.15) is 0 Å². The molecule has 2 atom stereocenters. The third-order valence-corrected chi connectivity index (χ3v) is 2.91. The Kier molecular flexibility index (Phi) is 5.17. The molecule has 1 saturated heterocycles. The molecule has 0 aromatic carbocycles. The lowest BCUT2D eigenvalue weighted by Gasteiger charge is -2.34. The quantitative estimate of drug-likeness (QED) is 0.846. The number of ether oxygens (including phenoxy) is 2. The Labute approximate surface area is 113 Å². The molecular formula is C13H23NO5. The first-order valence-electron chi connectivity index (χ1n) is 6.58. The molecule has 2 unspecified atom stereocenters. The van der Waals surface area contributed by atoms with Gasteiger partial charge in [-0.25, -0.2) is 9.59 Å². The molecule has 19 heavy (non-hydrogen) atoms. The number of rotatable bonds is 4. The molecule has 0 bridgehead atoms. The predicted molar refractivity (Wildman–Crippen MR) is 69.0 cm³/mol. The molecule has 110 valence electrons. The molecule has 1 aliphatic heterocycles. The minimum absolute atomic E-state index is 0.226. The van der Waals surface area contributed by atoms with Gasteiger partial charge >= 0.3 is 12.1 Å². The fourth-order valence-electron chi connectivity index (χ4n) is 2.08. The molecule has 6 nitrogen and oxygen atoms in total. The number of carboxylic acid groups (broad SMARTS) is 1. The highest BCUT2D eigenvalue weighted by molar-refractivity contribution is 5.80. The molecule has 0 spiro atoms. The summed E-state index contributed by atoms with van der Waals surface area (Å²) in [4.78, 5) is 24.9. The molecule has 6 heteroatoms. The molecule has 1 fully saturated rings. The zero-order chi connectivity index (χ0) is 14.6. The summed E-state index contributed by atoms with van der Waals surface area (Å²) in [6, 6.07) is -1.10. The van der Waals surface area contributed by atoms with E-state index in [-0.39, 0.29) is 6.04 Å². The molecule has 0 aliphatic carbocycles. The van der Waals surface area contributed by atoms with Crippen molar-refractivity contribution in [2.75, 3.05) is 13.2 Å². The van der Waals surface area contributed by atoms with E-state index in [9.17, 15) is 14.7 Å². The van der Waals surface area contributed by atoms with Crippen LogP contribution >= 0.6 is 0 Å². The number of carboxylic acids is 1. The van der Waals surface area contributed by atoms with Gasteiger partial charge in [0.25, 0.3) is 0 Å². The SMILES string of the molecule is CCC(C(=O)O)N(C(=O)OC(C)(C)C)C1CCOC1. The second-order valence-corrected chi connectivity index (χ2v) is 5.67. The van der Waals surface area contributed by atoms with E-state index in [1.54, 1.807) is 27.7 Å². The normalized spacial score (nSPS) is 20.9. The maximum Gasteiger partial charge on any atom is 0.411 e. The van der Waals surface area contributed by atoms with Crippen molar-refractivity contribution in [1.82, 2.24) is 4.90 Å². The van der Waals surface area contributed by atoms with E-state index in [0.717, 1.165) is 0 Å². The van der Waals surface area contributed by atoms with Crippen molar-refractivity contribution in [2.45, 2.75) is 58.2 Å². The monoisotopic (exact) mass is 273 g/mol. The second-order valence-electron chi connectivity index (χ2n) is 5.67. The number of hydrogen-bond acceptors (Lipinski definition) is 4. The highest BCUT2D eigenvalue weighted by Gasteiger charge is 2.38. The lowest BCUT2D eigenvalue weighted by atomic mass is 10.1. The number of hydrogen-bond donors (Lipinski definition) is 1. The van der Waals surface area contributed by atoms with Gasteiger partial charge in [0, 0.05) is 6.61 Å². The summed E-state index contributed by atoms with van der Waals surface area (Å²) < 4.78 is 10.6. The van der Waals surface area contributed by atoms with Gasteiger partial charge in [0.05, 0.1) is 12.6 Å². The number of nitrogens with zero attached hydrogens (tertiary/aromatic N) is 1. The van der Waals surface area contributed by atoms with E-state index in [4.69, 9.17) is 9.47 Å². The van der Waals surface area contributed by atoms with Gasteiger partial charge in [-0.05, 0) is 33.6 Å². The van der Waals surface area contributed by atoms with Gasteiger partial charge in [-0.15, -0.1) is 0 Å². The summed E-state index contributed by atoms with van der Waals surface area (Å²) in [7, 11) is 0. The second kappa shape index (κ2) is 6.23. The van der Waals surface area contributed by atoms with Gasteiger partial charge in [0.2, 0.25) is 0 Å². The summed E-state index contributed by atoms with van der Waals surface area (Å²) in [5, 5.41) is 9.26. The average Bonchev–Trinajstić information content (AvgIpc) is 2.75. The average molecular weight is 273 g/mol. The van der Waals surface area contributed by atoms with Gasteiger partial charge < -0.3 is 14.6 Å². The topological polar surface area (TPSA) is 76.1 Å². The minimum atomic E-state index is -1.01. The number of amides is 1. The van der Waals surface area contributed by atoms with E-state index in [0.29, 0.717) is 26.1 Å². The molecular weight excluding hydrogens is 250 g/mol. The van der Waals surface area contributed by atoms with Crippen molar-refractivity contribution < 1.29 is 24.2 Å². The first kappa shape index (κ1) is 15.8. The van der Waals surface area contributed by atoms with Crippen molar-refractivity contribution in [3.8, 4) is 0 Å². The lowest BCUT2D eigenvalue weighted by molar-refractivity contribution is -0.144. The maximum absolute atomic E-state index is 12.2. The van der Waals surface area contributed by atoms with Crippen LogP contribution in [0.4, 0.5) is 4.79 Å². The number of carbonyl (C=O) groups excluding carboxylic acids is 1. The van der Waals surface area contributed by atoms with Crippen LogP contribution in [-0.2, 0) is 14.3 Å². The third-order valence-electron chi connectivity index (χ3n) is 2.91. The first-order valence-corrected chi connectivity index (χ1v) is 6.58. The molecule has 1 heterocycles. The van der Waals surface area contributed by atoms with Gasteiger partial charge in [-0.3, -0.25) is 4.90 Å². The Morgan fingerprint density at radius 3 is 2.47 bits per heavy atom. The van der Waals surface area contributed by atoms with Crippen LogP contribution in [0.5, 0.6) is 0 Å². The van der Waals surface area contributed by atoms with Crippen LogP contribution in [0, 0.1) is 0 Å².